The molecule has 4 rings (SSSR count). The first-order chi connectivity index (χ1) is 19.0. The van der Waals surface area contributed by atoms with Crippen LogP contribution in [0, 0.1) is 0 Å². The largest absolute Gasteiger partial charge is 0.355 e. The second kappa shape index (κ2) is 13.1. The third-order valence-electron chi connectivity index (χ3n) is 6.55. The van der Waals surface area contributed by atoms with Gasteiger partial charge in [0, 0.05) is 11.0 Å². The molecule has 0 spiro atoms. The van der Waals surface area contributed by atoms with Crippen molar-refractivity contribution in [1.29, 1.82) is 0 Å². The van der Waals surface area contributed by atoms with Crippen molar-refractivity contribution in [1.82, 2.24) is 14.8 Å². The molecule has 2 unspecified atom stereocenters. The molecule has 1 aliphatic heterocycles. The standard InChI is InChI=1S/C28H30BrN3O6S2/c29-24-17-21(14-15-23(24)26-19-27(33)32-40(26,37)38)18-25(31-39(35,36)22-12-5-2-6-13-22)28(34)30-16-8-7-11-20-9-3-1-4-10-20/h1-6,9-10,12-15,17,25-26,31H,7-8,11,16,18-19H2,(H,30,34)(H,32,33). The Bertz CT molecular complexity index is 1570. The molecule has 3 aromatic rings. The van der Waals surface area contributed by atoms with E-state index in [-0.39, 0.29) is 17.7 Å². The lowest BCUT2D eigenvalue weighted by molar-refractivity contribution is -0.122. The van der Waals surface area contributed by atoms with E-state index >= 15 is 0 Å². The summed E-state index contributed by atoms with van der Waals surface area (Å²) in [7, 11) is -7.83. The van der Waals surface area contributed by atoms with Crippen molar-refractivity contribution in [3.8, 4) is 0 Å². The van der Waals surface area contributed by atoms with Crippen LogP contribution < -0.4 is 14.8 Å². The van der Waals surface area contributed by atoms with Gasteiger partial charge in [-0.3, -0.25) is 14.3 Å². The molecule has 3 aromatic carbocycles. The second-order valence-electron chi connectivity index (χ2n) is 9.54. The first-order valence-corrected chi connectivity index (χ1v) is 16.6. The maximum atomic E-state index is 13.2. The summed E-state index contributed by atoms with van der Waals surface area (Å²) >= 11 is 3.39. The first kappa shape index (κ1) is 29.9. The van der Waals surface area contributed by atoms with Crippen LogP contribution in [0.4, 0.5) is 0 Å². The molecular weight excluding hydrogens is 618 g/mol. The van der Waals surface area contributed by atoms with Crippen LogP contribution in [0.2, 0.25) is 0 Å². The Balaban J connectivity index is 1.47. The smallest absolute Gasteiger partial charge is 0.242 e. The third-order valence-corrected chi connectivity index (χ3v) is 10.4. The van der Waals surface area contributed by atoms with E-state index < -0.39 is 43.2 Å². The lowest BCUT2D eigenvalue weighted by atomic mass is 10.0. The molecule has 212 valence electrons. The molecule has 0 aliphatic carbocycles. The average Bonchev–Trinajstić information content (AvgIpc) is 3.20. The number of rotatable bonds is 12. The van der Waals surface area contributed by atoms with E-state index in [1.807, 2.05) is 35.1 Å². The monoisotopic (exact) mass is 647 g/mol. The molecule has 0 radical (unpaired) electrons. The molecule has 1 aliphatic rings. The fraction of sp³-hybridized carbons (Fsp3) is 0.286. The summed E-state index contributed by atoms with van der Waals surface area (Å²) in [5, 5.41) is 1.81. The summed E-state index contributed by atoms with van der Waals surface area (Å²) in [6.45, 7) is 0.387. The third kappa shape index (κ3) is 7.78. The number of amides is 2. The minimum absolute atomic E-state index is 0.0232. The van der Waals surface area contributed by atoms with Gasteiger partial charge in [0.2, 0.25) is 31.9 Å². The highest BCUT2D eigenvalue weighted by molar-refractivity contribution is 9.10. The molecule has 2 atom stereocenters. The van der Waals surface area contributed by atoms with E-state index in [1.165, 1.54) is 17.7 Å². The number of nitrogens with one attached hydrogen (secondary N) is 3. The Morgan fingerprint density at radius 2 is 1.65 bits per heavy atom. The van der Waals surface area contributed by atoms with Crippen molar-refractivity contribution in [2.24, 2.45) is 0 Å². The molecule has 1 saturated heterocycles. The Labute approximate surface area is 243 Å². The van der Waals surface area contributed by atoms with Crippen molar-refractivity contribution in [2.75, 3.05) is 6.54 Å². The normalized spacial score (nSPS) is 17.2. The molecule has 1 fully saturated rings. The van der Waals surface area contributed by atoms with E-state index in [9.17, 15) is 26.4 Å². The molecular formula is C28H30BrN3O6S2. The number of halogens is 1. The zero-order chi connectivity index (χ0) is 28.8. The van der Waals surface area contributed by atoms with Gasteiger partial charge in [-0.2, -0.15) is 4.72 Å². The lowest BCUT2D eigenvalue weighted by Crippen LogP contribution is -2.48. The minimum atomic E-state index is -4.00. The molecule has 0 aromatic heterocycles. The maximum Gasteiger partial charge on any atom is 0.242 e. The van der Waals surface area contributed by atoms with Gasteiger partial charge >= 0.3 is 0 Å². The molecule has 0 saturated carbocycles. The number of carbonyl (C=O) groups excluding carboxylic acids is 2. The zero-order valence-electron chi connectivity index (χ0n) is 21.5. The van der Waals surface area contributed by atoms with Crippen LogP contribution in [0.3, 0.4) is 0 Å². The number of hydrogen-bond acceptors (Lipinski definition) is 6. The lowest BCUT2D eigenvalue weighted by Gasteiger charge is -2.20. The van der Waals surface area contributed by atoms with Gasteiger partial charge in [-0.25, -0.2) is 16.8 Å². The average molecular weight is 649 g/mol. The van der Waals surface area contributed by atoms with Gasteiger partial charge in [0.25, 0.3) is 0 Å². The van der Waals surface area contributed by atoms with E-state index in [4.69, 9.17) is 0 Å². The molecule has 2 amide bonds. The summed E-state index contributed by atoms with van der Waals surface area (Å²) in [6.07, 6.45) is 2.29. The maximum absolute atomic E-state index is 13.2. The first-order valence-electron chi connectivity index (χ1n) is 12.8. The van der Waals surface area contributed by atoms with Crippen LogP contribution in [-0.4, -0.2) is 41.2 Å². The zero-order valence-corrected chi connectivity index (χ0v) is 24.8. The predicted molar refractivity (Wildman–Crippen MR) is 155 cm³/mol. The van der Waals surface area contributed by atoms with Crippen molar-refractivity contribution < 1.29 is 26.4 Å². The van der Waals surface area contributed by atoms with E-state index in [0.717, 1.165) is 19.3 Å². The molecule has 40 heavy (non-hydrogen) atoms. The number of carbonyl (C=O) groups is 2. The van der Waals surface area contributed by atoms with Crippen LogP contribution in [0.1, 0.15) is 41.2 Å². The van der Waals surface area contributed by atoms with Gasteiger partial charge in [-0.15, -0.1) is 0 Å². The summed E-state index contributed by atoms with van der Waals surface area (Å²) in [5.41, 5.74) is 2.22. The Morgan fingerprint density at radius 1 is 0.975 bits per heavy atom. The number of hydrogen-bond donors (Lipinski definition) is 3. The molecule has 12 heteroatoms. The quantitative estimate of drug-likeness (QED) is 0.258. The number of unbranched alkanes of at least 4 members (excludes halogenated alkanes) is 1. The van der Waals surface area contributed by atoms with Gasteiger partial charge in [-0.1, -0.05) is 76.6 Å². The fourth-order valence-corrected chi connectivity index (χ4v) is 8.02. The van der Waals surface area contributed by atoms with Crippen molar-refractivity contribution in [3.05, 3.63) is 100 Å². The van der Waals surface area contributed by atoms with Crippen LogP contribution in [0.5, 0.6) is 0 Å². The van der Waals surface area contributed by atoms with E-state index in [1.54, 1.807) is 36.4 Å². The Hall–Kier alpha value is -3.06. The molecule has 9 nitrogen and oxygen atoms in total. The summed E-state index contributed by atoms with van der Waals surface area (Å²) in [4.78, 5) is 24.9. The van der Waals surface area contributed by atoms with Crippen molar-refractivity contribution in [3.63, 3.8) is 0 Å². The number of benzene rings is 3. The molecule has 3 N–H and O–H groups in total. The highest BCUT2D eigenvalue weighted by atomic mass is 79.9. The molecule has 1 heterocycles. The van der Waals surface area contributed by atoms with Crippen LogP contribution >= 0.6 is 15.9 Å². The second-order valence-corrected chi connectivity index (χ2v) is 14.0. The predicted octanol–water partition coefficient (Wildman–Crippen LogP) is 3.37. The summed E-state index contributed by atoms with van der Waals surface area (Å²) in [5.74, 6) is -1.04. The van der Waals surface area contributed by atoms with Gasteiger partial charge in [0.05, 0.1) is 11.3 Å². The fourth-order valence-electron chi connectivity index (χ4n) is 4.50. The highest BCUT2D eigenvalue weighted by Gasteiger charge is 2.39. The minimum Gasteiger partial charge on any atom is -0.355 e. The van der Waals surface area contributed by atoms with Gasteiger partial charge in [0.1, 0.15) is 11.3 Å². The highest BCUT2D eigenvalue weighted by Crippen LogP contribution is 2.35. The van der Waals surface area contributed by atoms with E-state index in [0.29, 0.717) is 22.1 Å². The Kier molecular flexibility index (Phi) is 9.77. The topological polar surface area (TPSA) is 139 Å². The van der Waals surface area contributed by atoms with Crippen molar-refractivity contribution in [2.45, 2.75) is 48.3 Å². The van der Waals surface area contributed by atoms with Crippen LogP contribution in [0.15, 0.2) is 88.2 Å². The van der Waals surface area contributed by atoms with Gasteiger partial charge in [0.15, 0.2) is 0 Å². The van der Waals surface area contributed by atoms with Gasteiger partial charge in [-0.05, 0) is 60.6 Å². The van der Waals surface area contributed by atoms with Crippen molar-refractivity contribution >= 4 is 47.8 Å². The van der Waals surface area contributed by atoms with Crippen LogP contribution in [-0.2, 0) is 42.5 Å². The summed E-state index contributed by atoms with van der Waals surface area (Å²) < 4.78 is 55.7. The van der Waals surface area contributed by atoms with Gasteiger partial charge < -0.3 is 5.32 Å². The SMILES string of the molecule is O=C1CC(c2ccc(CC(NS(=O)(=O)c3ccccc3)C(=O)NCCCCc3ccccc3)cc2Br)S(=O)(=O)N1. The number of sulfonamides is 2. The Morgan fingerprint density at radius 3 is 2.27 bits per heavy atom. The number of aryl methyl sites for hydroxylation is 1. The van der Waals surface area contributed by atoms with E-state index in [2.05, 4.69) is 26.0 Å². The van der Waals surface area contributed by atoms with Crippen LogP contribution in [0.25, 0.3) is 0 Å². The molecule has 0 bridgehead atoms. The summed E-state index contributed by atoms with van der Waals surface area (Å²) in [6, 6.07) is 21.6.